The van der Waals surface area contributed by atoms with Gasteiger partial charge in [0.05, 0.1) is 20.6 Å². The molecule has 0 radical (unpaired) electrons. The first-order valence-corrected chi connectivity index (χ1v) is 4.21. The Balaban J connectivity index is 3.04. The monoisotopic (exact) mass is 142 g/mol. The predicted molar refractivity (Wildman–Crippen MR) is 46.3 cm³/mol. The van der Waals surface area contributed by atoms with Crippen molar-refractivity contribution in [3.63, 3.8) is 0 Å². The highest BCUT2D eigenvalue weighted by Crippen LogP contribution is 1.93. The molecule has 0 heterocycles. The van der Waals surface area contributed by atoms with Crippen LogP contribution in [-0.4, -0.2) is 20.6 Å². The Kier molecular flexibility index (Phi) is 6.61. The molecule has 1 heteroatoms. The Hall–Kier alpha value is -0.300. The molecule has 0 rings (SSSR count). The Morgan fingerprint density at radius 1 is 1.20 bits per heavy atom. The normalized spacial score (nSPS) is 11.6. The Labute approximate surface area is 64.7 Å². The third-order valence-electron chi connectivity index (χ3n) is 1.42. The van der Waals surface area contributed by atoms with E-state index in [1.807, 2.05) is 0 Å². The van der Waals surface area contributed by atoms with Crippen molar-refractivity contribution in [1.29, 1.82) is 0 Å². The fourth-order valence-electron chi connectivity index (χ4n) is 0.759. The van der Waals surface area contributed by atoms with Crippen LogP contribution in [-0.2, 0) is 0 Å². The van der Waals surface area contributed by atoms with Gasteiger partial charge in [-0.05, 0) is 12.5 Å². The molecule has 0 atom stereocenters. The average Bonchev–Trinajstić information content (AvgIpc) is 1.87. The van der Waals surface area contributed by atoms with Gasteiger partial charge in [-0.1, -0.05) is 25.8 Å². The van der Waals surface area contributed by atoms with E-state index in [9.17, 15) is 0 Å². The molecule has 0 aromatic heterocycles. The summed E-state index contributed by atoms with van der Waals surface area (Å²) in [4.78, 5) is 1.49. The molecule has 0 aliphatic heterocycles. The van der Waals surface area contributed by atoms with E-state index in [4.69, 9.17) is 0 Å². The van der Waals surface area contributed by atoms with Gasteiger partial charge in [0.25, 0.3) is 0 Å². The van der Waals surface area contributed by atoms with Crippen LogP contribution in [0, 0.1) is 0 Å². The third kappa shape index (κ3) is 7.70. The molecule has 10 heavy (non-hydrogen) atoms. The van der Waals surface area contributed by atoms with Gasteiger partial charge in [0.15, 0.2) is 0 Å². The number of likely N-dealkylation sites (N-methyl/N-ethyl adjacent to an activating group) is 1. The summed E-state index contributed by atoms with van der Waals surface area (Å²) in [6.45, 7) is 3.38. The van der Waals surface area contributed by atoms with E-state index >= 15 is 0 Å². The lowest BCUT2D eigenvalue weighted by molar-refractivity contribution is -0.851. The molecular weight excluding hydrogens is 122 g/mol. The largest absolute Gasteiger partial charge is 0.337 e. The number of hydrogen-bond donors (Lipinski definition) is 1. The van der Waals surface area contributed by atoms with Crippen LogP contribution in [0.1, 0.15) is 26.2 Å². The van der Waals surface area contributed by atoms with E-state index in [0.717, 1.165) is 6.54 Å². The SMILES string of the molecule is CCCC/C=C/C[NH+](C)C. The van der Waals surface area contributed by atoms with Crippen molar-refractivity contribution >= 4 is 0 Å². The van der Waals surface area contributed by atoms with Gasteiger partial charge in [0, 0.05) is 0 Å². The van der Waals surface area contributed by atoms with Gasteiger partial charge in [-0.15, -0.1) is 0 Å². The van der Waals surface area contributed by atoms with Crippen LogP contribution in [0.5, 0.6) is 0 Å². The van der Waals surface area contributed by atoms with Gasteiger partial charge in [-0.3, -0.25) is 0 Å². The summed E-state index contributed by atoms with van der Waals surface area (Å²) in [5.74, 6) is 0. The number of rotatable bonds is 5. The maximum atomic E-state index is 2.29. The van der Waals surface area contributed by atoms with E-state index in [0.29, 0.717) is 0 Å². The lowest BCUT2D eigenvalue weighted by Gasteiger charge is -2.00. The Bertz CT molecular complexity index is 84.7. The van der Waals surface area contributed by atoms with Gasteiger partial charge in [-0.25, -0.2) is 0 Å². The zero-order valence-electron chi connectivity index (χ0n) is 7.48. The quantitative estimate of drug-likeness (QED) is 0.429. The second-order valence-corrected chi connectivity index (χ2v) is 3.02. The maximum absolute atomic E-state index is 2.29. The molecule has 0 aliphatic rings. The highest BCUT2D eigenvalue weighted by Gasteiger charge is 1.84. The highest BCUT2D eigenvalue weighted by molar-refractivity contribution is 4.80. The van der Waals surface area contributed by atoms with Crippen LogP contribution in [0.3, 0.4) is 0 Å². The molecule has 60 valence electrons. The number of allylic oxidation sites excluding steroid dienone is 1. The maximum Gasteiger partial charge on any atom is 0.0953 e. The minimum absolute atomic E-state index is 1.16. The second kappa shape index (κ2) is 6.81. The molecule has 0 spiro atoms. The Morgan fingerprint density at radius 2 is 1.90 bits per heavy atom. The van der Waals surface area contributed by atoms with Gasteiger partial charge < -0.3 is 4.90 Å². The first kappa shape index (κ1) is 9.70. The zero-order valence-corrected chi connectivity index (χ0v) is 7.48. The second-order valence-electron chi connectivity index (χ2n) is 3.02. The van der Waals surface area contributed by atoms with Crippen molar-refractivity contribution < 1.29 is 4.90 Å². The number of hydrogen-bond acceptors (Lipinski definition) is 0. The van der Waals surface area contributed by atoms with Crippen LogP contribution in [0.4, 0.5) is 0 Å². The standard InChI is InChI=1S/C9H19N/c1-4-5-6-7-8-9-10(2)3/h7-8H,4-6,9H2,1-3H3/p+1/b8-7+. The summed E-state index contributed by atoms with van der Waals surface area (Å²) in [7, 11) is 4.34. The van der Waals surface area contributed by atoms with Crippen molar-refractivity contribution in [1.82, 2.24) is 0 Å². The fourth-order valence-corrected chi connectivity index (χ4v) is 0.759. The van der Waals surface area contributed by atoms with Crippen LogP contribution in [0.2, 0.25) is 0 Å². The van der Waals surface area contributed by atoms with E-state index in [-0.39, 0.29) is 0 Å². The molecule has 0 fully saturated rings. The number of nitrogens with one attached hydrogen (secondary N) is 1. The summed E-state index contributed by atoms with van der Waals surface area (Å²) in [6.07, 6.45) is 8.45. The first-order valence-electron chi connectivity index (χ1n) is 4.21. The van der Waals surface area contributed by atoms with Gasteiger partial charge >= 0.3 is 0 Å². The fraction of sp³-hybridized carbons (Fsp3) is 0.778. The summed E-state index contributed by atoms with van der Waals surface area (Å²) in [5.41, 5.74) is 0. The number of quaternary nitrogens is 1. The lowest BCUT2D eigenvalue weighted by atomic mass is 10.2. The summed E-state index contributed by atoms with van der Waals surface area (Å²) in [5, 5.41) is 0. The van der Waals surface area contributed by atoms with E-state index in [2.05, 4.69) is 33.2 Å². The van der Waals surface area contributed by atoms with Crippen molar-refractivity contribution in [2.75, 3.05) is 20.6 Å². The molecule has 1 N–H and O–H groups in total. The molecule has 0 aliphatic carbocycles. The van der Waals surface area contributed by atoms with Gasteiger partial charge in [0.2, 0.25) is 0 Å². The molecule has 0 amide bonds. The molecule has 0 unspecified atom stereocenters. The molecule has 0 saturated carbocycles. The molecule has 0 aromatic rings. The van der Waals surface area contributed by atoms with Crippen molar-refractivity contribution in [3.05, 3.63) is 12.2 Å². The van der Waals surface area contributed by atoms with E-state index < -0.39 is 0 Å². The van der Waals surface area contributed by atoms with E-state index in [1.165, 1.54) is 24.2 Å². The molecule has 1 nitrogen and oxygen atoms in total. The minimum atomic E-state index is 1.16. The smallest absolute Gasteiger partial charge is 0.0953 e. The van der Waals surface area contributed by atoms with Crippen LogP contribution < -0.4 is 4.90 Å². The van der Waals surface area contributed by atoms with Crippen molar-refractivity contribution in [3.8, 4) is 0 Å². The van der Waals surface area contributed by atoms with Gasteiger partial charge in [-0.2, -0.15) is 0 Å². The van der Waals surface area contributed by atoms with Crippen molar-refractivity contribution in [2.24, 2.45) is 0 Å². The summed E-state index contributed by atoms with van der Waals surface area (Å²) in [6, 6.07) is 0. The van der Waals surface area contributed by atoms with Gasteiger partial charge in [0.1, 0.15) is 0 Å². The highest BCUT2D eigenvalue weighted by atomic mass is 15.0. The molecule has 0 aromatic carbocycles. The lowest BCUT2D eigenvalue weighted by Crippen LogP contribution is -3.05. The zero-order chi connectivity index (χ0) is 7.82. The predicted octanol–water partition coefficient (Wildman–Crippen LogP) is 0.877. The summed E-state index contributed by atoms with van der Waals surface area (Å²) < 4.78 is 0. The van der Waals surface area contributed by atoms with Crippen LogP contribution in [0.15, 0.2) is 12.2 Å². The van der Waals surface area contributed by atoms with Crippen LogP contribution >= 0.6 is 0 Å². The van der Waals surface area contributed by atoms with Crippen LogP contribution in [0.25, 0.3) is 0 Å². The molecule has 0 saturated heterocycles. The number of unbranched alkanes of at least 4 members (excludes halogenated alkanes) is 2. The topological polar surface area (TPSA) is 4.44 Å². The third-order valence-corrected chi connectivity index (χ3v) is 1.42. The minimum Gasteiger partial charge on any atom is -0.337 e. The average molecular weight is 142 g/mol. The molecular formula is C9H20N+. The summed E-state index contributed by atoms with van der Waals surface area (Å²) >= 11 is 0. The Morgan fingerprint density at radius 3 is 2.40 bits per heavy atom. The first-order chi connectivity index (χ1) is 4.77. The van der Waals surface area contributed by atoms with E-state index in [1.54, 1.807) is 0 Å². The molecule has 0 bridgehead atoms. The van der Waals surface area contributed by atoms with Crippen molar-refractivity contribution in [2.45, 2.75) is 26.2 Å².